The highest BCUT2D eigenvalue weighted by Crippen LogP contribution is 2.39. The second kappa shape index (κ2) is 6.69. The first kappa shape index (κ1) is 15.8. The van der Waals surface area contributed by atoms with Gasteiger partial charge in [-0.2, -0.15) is 0 Å². The quantitative estimate of drug-likeness (QED) is 0.533. The van der Waals surface area contributed by atoms with Crippen molar-refractivity contribution >= 4 is 11.4 Å². The Morgan fingerprint density at radius 3 is 1.38 bits per heavy atom. The van der Waals surface area contributed by atoms with E-state index in [1.54, 1.807) is 12.4 Å². The number of benzene rings is 2. The summed E-state index contributed by atoms with van der Waals surface area (Å²) in [6.07, 6.45) is 7.22. The number of nitrogen functional groups attached to an aromatic ring is 2. The van der Waals surface area contributed by atoms with Gasteiger partial charge in [-0.05, 0) is 58.7 Å². The number of aromatic nitrogens is 2. The van der Waals surface area contributed by atoms with E-state index < -0.39 is 0 Å². The molecule has 4 aromatic rings. The number of rotatable bonds is 3. The number of hydrogen-bond acceptors (Lipinski definition) is 4. The summed E-state index contributed by atoms with van der Waals surface area (Å²) in [6, 6.07) is 19.8. The molecule has 26 heavy (non-hydrogen) atoms. The zero-order chi connectivity index (χ0) is 17.9. The van der Waals surface area contributed by atoms with Crippen molar-refractivity contribution in [1.29, 1.82) is 0 Å². The van der Waals surface area contributed by atoms with Crippen LogP contribution in [0.1, 0.15) is 0 Å². The fourth-order valence-electron chi connectivity index (χ4n) is 3.12. The van der Waals surface area contributed by atoms with Gasteiger partial charge in [-0.1, -0.05) is 24.3 Å². The summed E-state index contributed by atoms with van der Waals surface area (Å²) in [5.74, 6) is 0. The second-order valence-electron chi connectivity index (χ2n) is 6.09. The molecular weight excluding hydrogens is 320 g/mol. The first-order valence-electron chi connectivity index (χ1n) is 8.32. The molecule has 0 spiro atoms. The van der Waals surface area contributed by atoms with E-state index in [1.807, 2.05) is 73.1 Å². The molecule has 0 saturated carbocycles. The molecule has 0 atom stereocenters. The lowest BCUT2D eigenvalue weighted by atomic mass is 9.89. The molecule has 0 aliphatic carbocycles. The maximum atomic E-state index is 6.07. The molecule has 0 radical (unpaired) electrons. The molecule has 0 bridgehead atoms. The molecule has 4 N–H and O–H groups in total. The molecule has 2 heterocycles. The van der Waals surface area contributed by atoms with E-state index in [2.05, 4.69) is 9.97 Å². The summed E-state index contributed by atoms with van der Waals surface area (Å²) in [4.78, 5) is 8.50. The minimum atomic E-state index is 0.714. The van der Waals surface area contributed by atoms with Crippen molar-refractivity contribution in [2.45, 2.75) is 0 Å². The maximum Gasteiger partial charge on any atom is 0.0346 e. The van der Waals surface area contributed by atoms with Gasteiger partial charge in [0, 0.05) is 47.3 Å². The van der Waals surface area contributed by atoms with Crippen LogP contribution in [-0.2, 0) is 0 Å². The second-order valence-corrected chi connectivity index (χ2v) is 6.09. The van der Waals surface area contributed by atoms with Crippen LogP contribution in [-0.4, -0.2) is 9.97 Å². The van der Waals surface area contributed by atoms with Crippen LogP contribution in [0, 0.1) is 0 Å². The number of nitrogens with zero attached hydrogens (tertiary/aromatic N) is 2. The topological polar surface area (TPSA) is 77.8 Å². The predicted molar refractivity (Wildman–Crippen MR) is 107 cm³/mol. The normalized spacial score (nSPS) is 10.6. The Hall–Kier alpha value is -3.66. The van der Waals surface area contributed by atoms with Crippen LogP contribution in [0.3, 0.4) is 0 Å². The van der Waals surface area contributed by atoms with E-state index in [9.17, 15) is 0 Å². The van der Waals surface area contributed by atoms with E-state index in [1.165, 1.54) is 0 Å². The van der Waals surface area contributed by atoms with E-state index >= 15 is 0 Å². The standard InChI is InChI=1S/C22H18N4/c23-17-5-7-19(21(11-17)15-3-1-9-25-13-15)20-8-6-18(24)12-22(20)16-4-2-10-26-14-16/h1-14H,23-24H2. The molecule has 126 valence electrons. The molecule has 4 heteroatoms. The number of anilines is 2. The van der Waals surface area contributed by atoms with Gasteiger partial charge in [-0.15, -0.1) is 0 Å². The van der Waals surface area contributed by atoms with Gasteiger partial charge in [-0.3, -0.25) is 9.97 Å². The largest absolute Gasteiger partial charge is 0.399 e. The Morgan fingerprint density at radius 1 is 0.538 bits per heavy atom. The van der Waals surface area contributed by atoms with Crippen molar-refractivity contribution in [2.24, 2.45) is 0 Å². The average Bonchev–Trinajstić information content (AvgIpc) is 2.69. The minimum Gasteiger partial charge on any atom is -0.399 e. The van der Waals surface area contributed by atoms with Gasteiger partial charge < -0.3 is 11.5 Å². The third-order valence-electron chi connectivity index (χ3n) is 4.32. The molecule has 0 saturated heterocycles. The molecular formula is C22H18N4. The van der Waals surface area contributed by atoms with Crippen molar-refractivity contribution in [3.8, 4) is 33.4 Å². The zero-order valence-electron chi connectivity index (χ0n) is 14.1. The van der Waals surface area contributed by atoms with Crippen LogP contribution >= 0.6 is 0 Å². The lowest BCUT2D eigenvalue weighted by molar-refractivity contribution is 1.33. The van der Waals surface area contributed by atoms with Crippen molar-refractivity contribution in [3.05, 3.63) is 85.5 Å². The van der Waals surface area contributed by atoms with Crippen molar-refractivity contribution in [1.82, 2.24) is 9.97 Å². The highest BCUT2D eigenvalue weighted by atomic mass is 14.6. The highest BCUT2D eigenvalue weighted by Gasteiger charge is 2.13. The van der Waals surface area contributed by atoms with Crippen LogP contribution < -0.4 is 11.5 Å². The monoisotopic (exact) mass is 338 g/mol. The van der Waals surface area contributed by atoms with E-state index in [-0.39, 0.29) is 0 Å². The molecule has 4 rings (SSSR count). The van der Waals surface area contributed by atoms with E-state index in [0.717, 1.165) is 33.4 Å². The predicted octanol–water partition coefficient (Wildman–Crippen LogP) is 4.64. The minimum absolute atomic E-state index is 0.714. The summed E-state index contributed by atoms with van der Waals surface area (Å²) >= 11 is 0. The molecule has 4 nitrogen and oxygen atoms in total. The van der Waals surface area contributed by atoms with E-state index in [0.29, 0.717) is 11.4 Å². The van der Waals surface area contributed by atoms with Crippen molar-refractivity contribution in [3.63, 3.8) is 0 Å². The smallest absolute Gasteiger partial charge is 0.0346 e. The molecule has 0 amide bonds. The van der Waals surface area contributed by atoms with Gasteiger partial charge >= 0.3 is 0 Å². The summed E-state index contributed by atoms with van der Waals surface area (Å²) in [5.41, 5.74) is 19.8. The van der Waals surface area contributed by atoms with Gasteiger partial charge in [0.1, 0.15) is 0 Å². The summed E-state index contributed by atoms with van der Waals surface area (Å²) in [6.45, 7) is 0. The number of hydrogen-bond donors (Lipinski definition) is 2. The molecule has 0 unspecified atom stereocenters. The van der Waals surface area contributed by atoms with Gasteiger partial charge in [0.05, 0.1) is 0 Å². The first-order chi connectivity index (χ1) is 12.7. The average molecular weight is 338 g/mol. The fraction of sp³-hybridized carbons (Fsp3) is 0. The summed E-state index contributed by atoms with van der Waals surface area (Å²) in [5, 5.41) is 0. The lowest BCUT2D eigenvalue weighted by Crippen LogP contribution is -1.94. The van der Waals surface area contributed by atoms with Gasteiger partial charge in [-0.25, -0.2) is 0 Å². The number of nitrogens with two attached hydrogens (primary N) is 2. The molecule has 0 fully saturated rings. The summed E-state index contributed by atoms with van der Waals surface area (Å²) in [7, 11) is 0. The van der Waals surface area contributed by atoms with Crippen molar-refractivity contribution in [2.75, 3.05) is 11.5 Å². The summed E-state index contributed by atoms with van der Waals surface area (Å²) < 4.78 is 0. The van der Waals surface area contributed by atoms with Crippen LogP contribution in [0.5, 0.6) is 0 Å². The van der Waals surface area contributed by atoms with Gasteiger partial charge in [0.25, 0.3) is 0 Å². The van der Waals surface area contributed by atoms with Crippen LogP contribution in [0.15, 0.2) is 85.5 Å². The first-order valence-corrected chi connectivity index (χ1v) is 8.32. The number of pyridine rings is 2. The fourth-order valence-corrected chi connectivity index (χ4v) is 3.12. The third kappa shape index (κ3) is 3.00. The Morgan fingerprint density at radius 2 is 1.00 bits per heavy atom. The Labute approximate surface area is 152 Å². The molecule has 2 aromatic heterocycles. The molecule has 0 aliphatic rings. The van der Waals surface area contributed by atoms with Crippen LogP contribution in [0.4, 0.5) is 11.4 Å². The molecule has 2 aromatic carbocycles. The SMILES string of the molecule is Nc1ccc(-c2ccc(N)cc2-c2cccnc2)c(-c2cccnc2)c1. The Bertz CT molecular complexity index is 957. The maximum absolute atomic E-state index is 6.07. The van der Waals surface area contributed by atoms with E-state index in [4.69, 9.17) is 11.5 Å². The van der Waals surface area contributed by atoms with Crippen LogP contribution in [0.25, 0.3) is 33.4 Å². The Balaban J connectivity index is 1.98. The van der Waals surface area contributed by atoms with Gasteiger partial charge in [0.2, 0.25) is 0 Å². The zero-order valence-corrected chi connectivity index (χ0v) is 14.1. The Kier molecular flexibility index (Phi) is 4.07. The third-order valence-corrected chi connectivity index (χ3v) is 4.32. The highest BCUT2D eigenvalue weighted by molar-refractivity contribution is 5.93. The van der Waals surface area contributed by atoms with Gasteiger partial charge in [0.15, 0.2) is 0 Å². The van der Waals surface area contributed by atoms with Crippen molar-refractivity contribution < 1.29 is 0 Å². The van der Waals surface area contributed by atoms with Crippen LogP contribution in [0.2, 0.25) is 0 Å². The lowest BCUT2D eigenvalue weighted by Gasteiger charge is -2.15. The molecule has 0 aliphatic heterocycles.